The van der Waals surface area contributed by atoms with E-state index in [1.54, 1.807) is 21.8 Å². The van der Waals surface area contributed by atoms with Crippen LogP contribution >= 0.6 is 11.6 Å². The molecule has 3 heterocycles. The van der Waals surface area contributed by atoms with Gasteiger partial charge in [0, 0.05) is 36.7 Å². The van der Waals surface area contributed by atoms with Crippen LogP contribution in [-0.4, -0.2) is 38.4 Å². The van der Waals surface area contributed by atoms with Gasteiger partial charge >= 0.3 is 0 Å². The molecular formula is C30H25ClN4O4. The zero-order valence-corrected chi connectivity index (χ0v) is 21.9. The maximum Gasteiger partial charge on any atom is 0.255 e. The molecule has 1 unspecified atom stereocenters. The second kappa shape index (κ2) is 10.0. The van der Waals surface area contributed by atoms with Crippen molar-refractivity contribution in [2.45, 2.75) is 32.0 Å². The van der Waals surface area contributed by atoms with E-state index in [-0.39, 0.29) is 18.2 Å². The van der Waals surface area contributed by atoms with Gasteiger partial charge in [0.2, 0.25) is 11.8 Å². The molecule has 1 N–H and O–H groups in total. The van der Waals surface area contributed by atoms with Gasteiger partial charge in [-0.3, -0.25) is 24.4 Å². The lowest BCUT2D eigenvalue weighted by Crippen LogP contribution is -2.52. The van der Waals surface area contributed by atoms with Crippen LogP contribution in [0.3, 0.4) is 0 Å². The van der Waals surface area contributed by atoms with Gasteiger partial charge in [0.25, 0.3) is 5.91 Å². The van der Waals surface area contributed by atoms with Gasteiger partial charge in [-0.25, -0.2) is 0 Å². The van der Waals surface area contributed by atoms with Crippen LogP contribution in [0.5, 0.6) is 5.75 Å². The molecule has 1 aromatic heterocycles. The molecule has 1 fully saturated rings. The summed E-state index contributed by atoms with van der Waals surface area (Å²) in [6.45, 7) is 0.726. The van der Waals surface area contributed by atoms with Crippen LogP contribution in [0.2, 0.25) is 5.02 Å². The number of hydrogen-bond acceptors (Lipinski definition) is 5. The van der Waals surface area contributed by atoms with Crippen molar-refractivity contribution in [1.82, 2.24) is 20.0 Å². The van der Waals surface area contributed by atoms with E-state index in [0.29, 0.717) is 35.9 Å². The highest BCUT2D eigenvalue weighted by atomic mass is 35.5. The van der Waals surface area contributed by atoms with Crippen molar-refractivity contribution in [1.29, 1.82) is 0 Å². The maximum atomic E-state index is 13.1. The number of amides is 3. The van der Waals surface area contributed by atoms with Crippen LogP contribution in [-0.2, 0) is 29.8 Å². The number of halogens is 1. The molecule has 1 saturated heterocycles. The van der Waals surface area contributed by atoms with E-state index in [1.807, 2.05) is 67.7 Å². The minimum Gasteiger partial charge on any atom is -0.487 e. The molecule has 0 aliphatic carbocycles. The predicted octanol–water partition coefficient (Wildman–Crippen LogP) is 4.75. The molecule has 1 atom stereocenters. The molecule has 0 bridgehead atoms. The number of fused-ring (bicyclic) bond motifs is 1. The van der Waals surface area contributed by atoms with Crippen molar-refractivity contribution in [2.24, 2.45) is 7.05 Å². The van der Waals surface area contributed by atoms with Crippen molar-refractivity contribution < 1.29 is 19.1 Å². The van der Waals surface area contributed by atoms with Crippen molar-refractivity contribution in [2.75, 3.05) is 0 Å². The zero-order chi connectivity index (χ0) is 27.1. The molecule has 196 valence electrons. The van der Waals surface area contributed by atoms with Gasteiger partial charge in [-0.1, -0.05) is 48.0 Å². The number of nitrogens with zero attached hydrogens (tertiary/aromatic N) is 3. The summed E-state index contributed by atoms with van der Waals surface area (Å²) in [5.41, 5.74) is 5.99. The van der Waals surface area contributed by atoms with Crippen molar-refractivity contribution in [3.8, 4) is 28.1 Å². The minimum absolute atomic E-state index is 0.199. The molecule has 8 nitrogen and oxygen atoms in total. The molecule has 2 aliphatic rings. The van der Waals surface area contributed by atoms with Gasteiger partial charge in [-0.05, 0) is 53.4 Å². The number of aromatic nitrogens is 2. The lowest BCUT2D eigenvalue weighted by atomic mass is 9.98. The molecular weight excluding hydrogens is 516 g/mol. The summed E-state index contributed by atoms with van der Waals surface area (Å²) in [6, 6.07) is 20.6. The van der Waals surface area contributed by atoms with Gasteiger partial charge in [0.05, 0.1) is 16.9 Å². The first-order chi connectivity index (χ1) is 18.9. The van der Waals surface area contributed by atoms with Crippen LogP contribution in [0.4, 0.5) is 0 Å². The lowest BCUT2D eigenvalue weighted by molar-refractivity contribution is -0.136. The molecule has 2 aliphatic heterocycles. The minimum atomic E-state index is -0.648. The van der Waals surface area contributed by atoms with Gasteiger partial charge in [-0.15, -0.1) is 0 Å². The summed E-state index contributed by atoms with van der Waals surface area (Å²) in [4.78, 5) is 38.6. The monoisotopic (exact) mass is 540 g/mol. The average Bonchev–Trinajstić information content (AvgIpc) is 3.48. The molecule has 0 saturated carbocycles. The van der Waals surface area contributed by atoms with Crippen molar-refractivity contribution >= 4 is 29.3 Å². The topological polar surface area (TPSA) is 93.5 Å². The van der Waals surface area contributed by atoms with Crippen molar-refractivity contribution in [3.63, 3.8) is 0 Å². The van der Waals surface area contributed by atoms with E-state index in [1.165, 1.54) is 0 Å². The fraction of sp³-hybridized carbons (Fsp3) is 0.200. The van der Waals surface area contributed by atoms with Gasteiger partial charge in [-0.2, -0.15) is 5.10 Å². The largest absolute Gasteiger partial charge is 0.487 e. The standard InChI is InChI=1S/C30H25ClN4O4/c1-34-28(20-8-11-26(24(31)14-20)39-17-18-5-3-2-4-6-18)23(15-32-34)19-7-9-22-21(13-19)16-35(30(22)38)25-10-12-27(36)33-29(25)37/h2-9,11,13-15,25H,10,12,16-17H2,1H3,(H,33,36,37). The molecule has 39 heavy (non-hydrogen) atoms. The molecule has 3 aromatic carbocycles. The van der Waals surface area contributed by atoms with Crippen LogP contribution in [0.25, 0.3) is 22.4 Å². The van der Waals surface area contributed by atoms with E-state index in [4.69, 9.17) is 16.3 Å². The fourth-order valence-electron chi connectivity index (χ4n) is 5.23. The number of imide groups is 1. The third-order valence-corrected chi connectivity index (χ3v) is 7.51. The summed E-state index contributed by atoms with van der Waals surface area (Å²) in [7, 11) is 1.87. The van der Waals surface area contributed by atoms with E-state index in [9.17, 15) is 14.4 Å². The number of hydrogen-bond donors (Lipinski definition) is 1. The summed E-state index contributed by atoms with van der Waals surface area (Å²) >= 11 is 6.62. The third kappa shape index (κ3) is 4.68. The maximum absolute atomic E-state index is 13.1. The Morgan fingerprint density at radius 3 is 2.56 bits per heavy atom. The Morgan fingerprint density at radius 2 is 1.79 bits per heavy atom. The lowest BCUT2D eigenvalue weighted by Gasteiger charge is -2.29. The summed E-state index contributed by atoms with van der Waals surface area (Å²) in [5.74, 6) is -0.328. The van der Waals surface area contributed by atoms with Crippen LogP contribution < -0.4 is 10.1 Å². The van der Waals surface area contributed by atoms with Gasteiger partial charge < -0.3 is 9.64 Å². The Balaban J connectivity index is 1.26. The van der Waals surface area contributed by atoms with Crippen molar-refractivity contribution in [3.05, 3.63) is 94.6 Å². The van der Waals surface area contributed by atoms with Gasteiger partial charge in [0.1, 0.15) is 18.4 Å². The van der Waals surface area contributed by atoms with Crippen LogP contribution in [0.1, 0.15) is 34.3 Å². The molecule has 0 radical (unpaired) electrons. The Hall–Kier alpha value is -4.43. The van der Waals surface area contributed by atoms with E-state index < -0.39 is 11.9 Å². The number of aryl methyl sites for hydroxylation is 1. The second-order valence-corrected chi connectivity index (χ2v) is 10.1. The first kappa shape index (κ1) is 24.9. The fourth-order valence-corrected chi connectivity index (χ4v) is 5.47. The van der Waals surface area contributed by atoms with E-state index >= 15 is 0 Å². The first-order valence-electron chi connectivity index (χ1n) is 12.7. The second-order valence-electron chi connectivity index (χ2n) is 9.72. The highest BCUT2D eigenvalue weighted by molar-refractivity contribution is 6.32. The Kier molecular flexibility index (Phi) is 6.40. The molecule has 0 spiro atoms. The number of carbonyl (C=O) groups excluding carboxylic acids is 3. The first-order valence-corrected chi connectivity index (χ1v) is 13.0. The molecule has 9 heteroatoms. The number of benzene rings is 3. The normalized spacial score (nSPS) is 16.8. The Bertz CT molecular complexity index is 1610. The number of piperidine rings is 1. The van der Waals surface area contributed by atoms with E-state index in [2.05, 4.69) is 10.4 Å². The number of rotatable bonds is 6. The number of ether oxygens (including phenoxy) is 1. The third-order valence-electron chi connectivity index (χ3n) is 7.22. The smallest absolute Gasteiger partial charge is 0.255 e. The van der Waals surface area contributed by atoms with Crippen LogP contribution in [0, 0.1) is 0 Å². The molecule has 4 aromatic rings. The van der Waals surface area contributed by atoms with Crippen LogP contribution in [0.15, 0.2) is 72.9 Å². The Morgan fingerprint density at radius 1 is 1.00 bits per heavy atom. The van der Waals surface area contributed by atoms with E-state index in [0.717, 1.165) is 33.5 Å². The molecule has 3 amide bonds. The quantitative estimate of drug-likeness (QED) is 0.356. The highest BCUT2D eigenvalue weighted by Crippen LogP contribution is 2.38. The Labute approximate surface area is 230 Å². The summed E-state index contributed by atoms with van der Waals surface area (Å²) in [5, 5.41) is 7.33. The summed E-state index contributed by atoms with van der Waals surface area (Å²) < 4.78 is 7.73. The SMILES string of the molecule is Cn1ncc(-c2ccc3c(c2)CN(C2CCC(=O)NC2=O)C3=O)c1-c1ccc(OCc2ccccc2)c(Cl)c1. The number of nitrogens with one attached hydrogen (secondary N) is 1. The summed E-state index contributed by atoms with van der Waals surface area (Å²) in [6.07, 6.45) is 2.34. The predicted molar refractivity (Wildman–Crippen MR) is 146 cm³/mol. The highest BCUT2D eigenvalue weighted by Gasteiger charge is 2.39. The van der Waals surface area contributed by atoms with Gasteiger partial charge in [0.15, 0.2) is 0 Å². The molecule has 6 rings (SSSR count). The average molecular weight is 541 g/mol. The zero-order valence-electron chi connectivity index (χ0n) is 21.2. The number of carbonyl (C=O) groups is 3.